The molecule has 1 aromatic carbocycles. The molecule has 0 aliphatic carbocycles. The van der Waals surface area contributed by atoms with E-state index in [0.717, 1.165) is 11.1 Å². The molecule has 2 N–H and O–H groups in total. The Kier molecular flexibility index (Phi) is 6.62. The molecule has 134 valence electrons. The van der Waals surface area contributed by atoms with E-state index in [1.54, 1.807) is 12.1 Å². The number of benzene rings is 1. The molecule has 0 bridgehead atoms. The van der Waals surface area contributed by atoms with E-state index in [-0.39, 0.29) is 25.0 Å². The maximum atomic E-state index is 11.8. The second-order valence-electron chi connectivity index (χ2n) is 6.10. The number of carbonyl (C=O) groups is 2. The number of furan rings is 1. The second-order valence-corrected chi connectivity index (χ2v) is 6.10. The molecular weight excluding hydrogens is 320 g/mol. The Bertz CT molecular complexity index is 708. The lowest BCUT2D eigenvalue weighted by Crippen LogP contribution is -2.38. The van der Waals surface area contributed by atoms with E-state index in [4.69, 9.17) is 9.15 Å². The van der Waals surface area contributed by atoms with Crippen LogP contribution in [-0.4, -0.2) is 25.0 Å². The van der Waals surface area contributed by atoms with E-state index >= 15 is 0 Å². The molecule has 2 rings (SSSR count). The van der Waals surface area contributed by atoms with Crippen LogP contribution in [-0.2, 0) is 16.1 Å². The van der Waals surface area contributed by atoms with E-state index in [2.05, 4.69) is 30.5 Å². The number of rotatable bonds is 8. The lowest BCUT2D eigenvalue weighted by atomic mass is 10.0. The van der Waals surface area contributed by atoms with Crippen LogP contribution >= 0.6 is 0 Å². The van der Waals surface area contributed by atoms with Crippen molar-refractivity contribution in [1.29, 1.82) is 0 Å². The van der Waals surface area contributed by atoms with Gasteiger partial charge in [-0.1, -0.05) is 26.0 Å². The van der Waals surface area contributed by atoms with Gasteiger partial charge in [0.05, 0.1) is 19.4 Å². The van der Waals surface area contributed by atoms with Crippen molar-refractivity contribution in [2.45, 2.75) is 33.2 Å². The summed E-state index contributed by atoms with van der Waals surface area (Å²) < 4.78 is 10.7. The first-order chi connectivity index (χ1) is 12.0. The summed E-state index contributed by atoms with van der Waals surface area (Å²) in [6.07, 6.45) is 1.54. The molecule has 0 fully saturated rings. The summed E-state index contributed by atoms with van der Waals surface area (Å²) in [7, 11) is 0. The van der Waals surface area contributed by atoms with Crippen LogP contribution in [0.15, 0.2) is 41.0 Å². The van der Waals surface area contributed by atoms with E-state index in [1.165, 1.54) is 6.26 Å². The van der Waals surface area contributed by atoms with Crippen LogP contribution < -0.4 is 15.4 Å². The topological polar surface area (TPSA) is 80.6 Å². The Hall–Kier alpha value is -2.76. The van der Waals surface area contributed by atoms with Crippen molar-refractivity contribution in [2.24, 2.45) is 0 Å². The van der Waals surface area contributed by atoms with Crippen molar-refractivity contribution in [3.63, 3.8) is 0 Å². The number of ether oxygens (including phenoxy) is 1. The third-order valence-corrected chi connectivity index (χ3v) is 3.72. The SMILES string of the molecule is Cc1ccc(C(C)C)cc1OCC(=O)NCC(=O)NCc1ccco1. The summed E-state index contributed by atoms with van der Waals surface area (Å²) in [4.78, 5) is 23.5. The van der Waals surface area contributed by atoms with Crippen LogP contribution in [0.2, 0.25) is 0 Å². The molecule has 6 nitrogen and oxygen atoms in total. The minimum absolute atomic E-state index is 0.103. The van der Waals surface area contributed by atoms with Gasteiger partial charge in [-0.25, -0.2) is 0 Å². The van der Waals surface area contributed by atoms with E-state index in [9.17, 15) is 9.59 Å². The molecular formula is C19H24N2O4. The molecule has 0 radical (unpaired) electrons. The minimum Gasteiger partial charge on any atom is -0.483 e. The van der Waals surface area contributed by atoms with Gasteiger partial charge in [-0.15, -0.1) is 0 Å². The zero-order chi connectivity index (χ0) is 18.2. The monoisotopic (exact) mass is 344 g/mol. The van der Waals surface area contributed by atoms with Crippen LogP contribution in [0.4, 0.5) is 0 Å². The number of aryl methyl sites for hydroxylation is 1. The summed E-state index contributed by atoms with van der Waals surface area (Å²) in [6.45, 7) is 6.19. The zero-order valence-electron chi connectivity index (χ0n) is 14.8. The van der Waals surface area contributed by atoms with Crippen LogP contribution in [0.25, 0.3) is 0 Å². The molecule has 0 aliphatic heterocycles. The number of hydrogen-bond acceptors (Lipinski definition) is 4. The molecule has 0 spiro atoms. The highest BCUT2D eigenvalue weighted by atomic mass is 16.5. The van der Waals surface area contributed by atoms with Crippen LogP contribution in [0.1, 0.15) is 36.7 Å². The van der Waals surface area contributed by atoms with E-state index in [0.29, 0.717) is 24.0 Å². The van der Waals surface area contributed by atoms with Crippen molar-refractivity contribution >= 4 is 11.8 Å². The van der Waals surface area contributed by atoms with Gasteiger partial charge in [-0.3, -0.25) is 9.59 Å². The van der Waals surface area contributed by atoms with Crippen molar-refractivity contribution in [3.05, 3.63) is 53.5 Å². The van der Waals surface area contributed by atoms with E-state index in [1.807, 2.05) is 19.1 Å². The van der Waals surface area contributed by atoms with Crippen molar-refractivity contribution in [2.75, 3.05) is 13.2 Å². The number of nitrogens with one attached hydrogen (secondary N) is 2. The molecule has 6 heteroatoms. The zero-order valence-corrected chi connectivity index (χ0v) is 14.8. The summed E-state index contributed by atoms with van der Waals surface area (Å²) in [5.41, 5.74) is 2.12. The Morgan fingerprint density at radius 3 is 2.64 bits per heavy atom. The Balaban J connectivity index is 1.73. The van der Waals surface area contributed by atoms with Crippen LogP contribution in [0.5, 0.6) is 5.75 Å². The molecule has 0 saturated carbocycles. The quantitative estimate of drug-likeness (QED) is 0.771. The maximum absolute atomic E-state index is 11.8. The van der Waals surface area contributed by atoms with Crippen LogP contribution in [0.3, 0.4) is 0 Å². The lowest BCUT2D eigenvalue weighted by molar-refractivity contribution is -0.127. The standard InChI is InChI=1S/C19H24N2O4/c1-13(2)15-7-6-14(3)17(9-15)25-12-19(23)21-11-18(22)20-10-16-5-4-8-24-16/h4-9,13H,10-12H2,1-3H3,(H,20,22)(H,21,23). The molecule has 0 unspecified atom stereocenters. The fourth-order valence-electron chi connectivity index (χ4n) is 2.17. The predicted molar refractivity (Wildman–Crippen MR) is 94.3 cm³/mol. The van der Waals surface area contributed by atoms with Crippen LogP contribution in [0, 0.1) is 6.92 Å². The number of carbonyl (C=O) groups excluding carboxylic acids is 2. The van der Waals surface area contributed by atoms with Gasteiger partial charge in [-0.05, 0) is 42.2 Å². The number of amides is 2. The molecule has 2 amide bonds. The van der Waals surface area contributed by atoms with Gasteiger partial charge in [0.2, 0.25) is 5.91 Å². The summed E-state index contributed by atoms with van der Waals surface area (Å²) in [6, 6.07) is 9.49. The second kappa shape index (κ2) is 8.92. The average Bonchev–Trinajstić information content (AvgIpc) is 3.10. The highest BCUT2D eigenvalue weighted by Crippen LogP contribution is 2.24. The van der Waals surface area contributed by atoms with Gasteiger partial charge in [0.15, 0.2) is 6.61 Å². The molecule has 1 aromatic heterocycles. The molecule has 0 atom stereocenters. The maximum Gasteiger partial charge on any atom is 0.258 e. The third kappa shape index (κ3) is 5.99. The molecule has 25 heavy (non-hydrogen) atoms. The molecule has 1 heterocycles. The fraction of sp³-hybridized carbons (Fsp3) is 0.368. The summed E-state index contributed by atoms with van der Waals surface area (Å²) >= 11 is 0. The first kappa shape index (κ1) is 18.6. The highest BCUT2D eigenvalue weighted by molar-refractivity contribution is 5.85. The minimum atomic E-state index is -0.345. The van der Waals surface area contributed by atoms with Gasteiger partial charge < -0.3 is 19.8 Å². The Labute approximate surface area is 147 Å². The van der Waals surface area contributed by atoms with Gasteiger partial charge in [0.25, 0.3) is 5.91 Å². The Morgan fingerprint density at radius 2 is 1.96 bits per heavy atom. The van der Waals surface area contributed by atoms with Gasteiger partial charge in [-0.2, -0.15) is 0 Å². The Morgan fingerprint density at radius 1 is 1.16 bits per heavy atom. The molecule has 0 aliphatic rings. The van der Waals surface area contributed by atoms with Crippen molar-refractivity contribution in [1.82, 2.24) is 10.6 Å². The number of hydrogen-bond donors (Lipinski definition) is 2. The predicted octanol–water partition coefficient (Wildman–Crippen LogP) is 2.52. The first-order valence-electron chi connectivity index (χ1n) is 8.25. The van der Waals surface area contributed by atoms with Gasteiger partial charge in [0.1, 0.15) is 11.5 Å². The fourth-order valence-corrected chi connectivity index (χ4v) is 2.17. The largest absolute Gasteiger partial charge is 0.483 e. The smallest absolute Gasteiger partial charge is 0.258 e. The van der Waals surface area contributed by atoms with Crippen molar-refractivity contribution < 1.29 is 18.7 Å². The van der Waals surface area contributed by atoms with Gasteiger partial charge >= 0.3 is 0 Å². The third-order valence-electron chi connectivity index (χ3n) is 3.72. The highest BCUT2D eigenvalue weighted by Gasteiger charge is 2.09. The van der Waals surface area contributed by atoms with Crippen molar-refractivity contribution in [3.8, 4) is 5.75 Å². The summed E-state index contributed by atoms with van der Waals surface area (Å²) in [5, 5.41) is 5.19. The average molecular weight is 344 g/mol. The molecule has 0 saturated heterocycles. The lowest BCUT2D eigenvalue weighted by Gasteiger charge is -2.13. The molecule has 2 aromatic rings. The summed E-state index contributed by atoms with van der Waals surface area (Å²) in [5.74, 6) is 1.09. The first-order valence-corrected chi connectivity index (χ1v) is 8.25. The van der Waals surface area contributed by atoms with E-state index < -0.39 is 0 Å². The normalized spacial score (nSPS) is 10.6. The van der Waals surface area contributed by atoms with Gasteiger partial charge in [0, 0.05) is 0 Å².